The molecule has 1 fully saturated rings. The van der Waals surface area contributed by atoms with Crippen LogP contribution in [0.5, 0.6) is 5.75 Å². The molecule has 0 aliphatic heterocycles. The molecule has 2 nitrogen and oxygen atoms in total. The van der Waals surface area contributed by atoms with Crippen LogP contribution < -0.4 is 9.64 Å². The van der Waals surface area contributed by atoms with Gasteiger partial charge in [-0.15, -0.1) is 0 Å². The summed E-state index contributed by atoms with van der Waals surface area (Å²) in [6, 6.07) is 6.45. The second kappa shape index (κ2) is 4.25. The Labute approximate surface area is 105 Å². The quantitative estimate of drug-likeness (QED) is 0.791. The number of benzene rings is 1. The topological polar surface area (TPSA) is 12.5 Å². The summed E-state index contributed by atoms with van der Waals surface area (Å²) >= 11 is 0. The Morgan fingerprint density at radius 1 is 1.18 bits per heavy atom. The highest BCUT2D eigenvalue weighted by Gasteiger charge is 2.25. The Bertz CT molecular complexity index is 400. The fourth-order valence-corrected chi connectivity index (χ4v) is 1.96. The summed E-state index contributed by atoms with van der Waals surface area (Å²) in [7, 11) is 4.18. The van der Waals surface area contributed by atoms with Crippen LogP contribution in [-0.2, 0) is 5.41 Å². The fraction of sp³-hybridized carbons (Fsp3) is 0.600. The van der Waals surface area contributed by atoms with Crippen LogP contribution >= 0.6 is 0 Å². The van der Waals surface area contributed by atoms with Crippen LogP contribution in [0.2, 0.25) is 0 Å². The predicted molar refractivity (Wildman–Crippen MR) is 73.1 cm³/mol. The molecule has 17 heavy (non-hydrogen) atoms. The number of ether oxygens (including phenoxy) is 1. The van der Waals surface area contributed by atoms with Crippen molar-refractivity contribution in [3.8, 4) is 5.75 Å². The summed E-state index contributed by atoms with van der Waals surface area (Å²) in [6.45, 7) is 6.74. The van der Waals surface area contributed by atoms with Crippen LogP contribution in [0.4, 0.5) is 5.69 Å². The van der Waals surface area contributed by atoms with Gasteiger partial charge in [0.25, 0.3) is 0 Å². The molecule has 1 saturated carbocycles. The van der Waals surface area contributed by atoms with Crippen molar-refractivity contribution in [1.82, 2.24) is 0 Å². The maximum absolute atomic E-state index is 5.88. The molecule has 0 atom stereocenters. The first kappa shape index (κ1) is 12.3. The average Bonchev–Trinajstić information content (AvgIpc) is 3.00. The highest BCUT2D eigenvalue weighted by molar-refractivity contribution is 5.58. The molecular weight excluding hydrogens is 210 g/mol. The van der Waals surface area contributed by atoms with Crippen molar-refractivity contribution in [1.29, 1.82) is 0 Å². The third kappa shape index (κ3) is 2.93. The molecule has 0 bridgehead atoms. The molecule has 0 aromatic heterocycles. The van der Waals surface area contributed by atoms with Gasteiger partial charge >= 0.3 is 0 Å². The average molecular weight is 233 g/mol. The van der Waals surface area contributed by atoms with Gasteiger partial charge in [0, 0.05) is 19.8 Å². The highest BCUT2D eigenvalue weighted by atomic mass is 16.5. The van der Waals surface area contributed by atoms with Gasteiger partial charge in [0.1, 0.15) is 5.75 Å². The van der Waals surface area contributed by atoms with E-state index in [4.69, 9.17) is 4.74 Å². The van der Waals surface area contributed by atoms with E-state index in [1.165, 1.54) is 24.1 Å². The van der Waals surface area contributed by atoms with Gasteiger partial charge in [0.2, 0.25) is 0 Å². The van der Waals surface area contributed by atoms with E-state index in [0.717, 1.165) is 5.75 Å². The van der Waals surface area contributed by atoms with E-state index in [0.29, 0.717) is 6.10 Å². The van der Waals surface area contributed by atoms with Crippen LogP contribution in [-0.4, -0.2) is 20.2 Å². The van der Waals surface area contributed by atoms with Crippen LogP contribution in [0.25, 0.3) is 0 Å². The standard InChI is InChI=1S/C15H23NO/c1-15(2,3)13-10-12(17-11-6-7-11)8-9-14(13)16(4)5/h8-11H,6-7H2,1-5H3. The van der Waals surface area contributed by atoms with Gasteiger partial charge in [-0.2, -0.15) is 0 Å². The van der Waals surface area contributed by atoms with Crippen molar-refractivity contribution >= 4 is 5.69 Å². The van der Waals surface area contributed by atoms with E-state index in [9.17, 15) is 0 Å². The van der Waals surface area contributed by atoms with Crippen molar-refractivity contribution in [2.45, 2.75) is 45.1 Å². The zero-order valence-corrected chi connectivity index (χ0v) is 11.6. The minimum Gasteiger partial charge on any atom is -0.490 e. The summed E-state index contributed by atoms with van der Waals surface area (Å²) in [4.78, 5) is 2.17. The molecular formula is C15H23NO. The second-order valence-electron chi connectivity index (χ2n) is 6.14. The molecule has 1 aliphatic rings. The Morgan fingerprint density at radius 3 is 2.29 bits per heavy atom. The van der Waals surface area contributed by atoms with Crippen molar-refractivity contribution < 1.29 is 4.74 Å². The van der Waals surface area contributed by atoms with Gasteiger partial charge < -0.3 is 9.64 Å². The maximum atomic E-state index is 5.88. The number of anilines is 1. The molecule has 94 valence electrons. The number of rotatable bonds is 3. The Hall–Kier alpha value is -1.18. The largest absolute Gasteiger partial charge is 0.490 e. The van der Waals surface area contributed by atoms with Crippen molar-refractivity contribution in [3.63, 3.8) is 0 Å². The lowest BCUT2D eigenvalue weighted by Gasteiger charge is -2.27. The van der Waals surface area contributed by atoms with E-state index < -0.39 is 0 Å². The summed E-state index contributed by atoms with van der Waals surface area (Å²) < 4.78 is 5.88. The van der Waals surface area contributed by atoms with Crippen molar-refractivity contribution in [3.05, 3.63) is 23.8 Å². The molecule has 1 aromatic rings. The molecule has 1 aromatic carbocycles. The molecule has 2 heteroatoms. The fourth-order valence-electron chi connectivity index (χ4n) is 1.96. The molecule has 1 aliphatic carbocycles. The first-order chi connectivity index (χ1) is 7.88. The SMILES string of the molecule is CN(C)c1ccc(OC2CC2)cc1C(C)(C)C. The lowest BCUT2D eigenvalue weighted by atomic mass is 9.85. The zero-order chi connectivity index (χ0) is 12.6. The Morgan fingerprint density at radius 2 is 1.82 bits per heavy atom. The maximum Gasteiger partial charge on any atom is 0.120 e. The Balaban J connectivity index is 2.34. The van der Waals surface area contributed by atoms with E-state index in [1.54, 1.807) is 0 Å². The lowest BCUT2D eigenvalue weighted by molar-refractivity contribution is 0.302. The molecule has 0 saturated heterocycles. The summed E-state index contributed by atoms with van der Waals surface area (Å²) in [5.41, 5.74) is 2.77. The van der Waals surface area contributed by atoms with Crippen molar-refractivity contribution in [2.75, 3.05) is 19.0 Å². The zero-order valence-electron chi connectivity index (χ0n) is 11.6. The van der Waals surface area contributed by atoms with Gasteiger partial charge in [0.15, 0.2) is 0 Å². The summed E-state index contributed by atoms with van der Waals surface area (Å²) in [6.07, 6.45) is 2.88. The first-order valence-corrected chi connectivity index (χ1v) is 6.36. The van der Waals surface area contributed by atoms with Crippen LogP contribution in [0, 0.1) is 0 Å². The minimum atomic E-state index is 0.141. The molecule has 0 amide bonds. The molecule has 0 radical (unpaired) electrons. The Kier molecular flexibility index (Phi) is 3.07. The first-order valence-electron chi connectivity index (χ1n) is 6.36. The van der Waals surface area contributed by atoms with E-state index in [2.05, 4.69) is 58.0 Å². The van der Waals surface area contributed by atoms with E-state index >= 15 is 0 Å². The van der Waals surface area contributed by atoms with Gasteiger partial charge in [-0.3, -0.25) is 0 Å². The second-order valence-corrected chi connectivity index (χ2v) is 6.14. The highest BCUT2D eigenvalue weighted by Crippen LogP contribution is 2.36. The number of hydrogen-bond donors (Lipinski definition) is 0. The van der Waals surface area contributed by atoms with E-state index in [1.807, 2.05) is 0 Å². The van der Waals surface area contributed by atoms with Crippen LogP contribution in [0.15, 0.2) is 18.2 Å². The van der Waals surface area contributed by atoms with Crippen LogP contribution in [0.1, 0.15) is 39.2 Å². The van der Waals surface area contributed by atoms with Gasteiger partial charge in [-0.05, 0) is 42.0 Å². The summed E-state index contributed by atoms with van der Waals surface area (Å²) in [5.74, 6) is 1.02. The minimum absolute atomic E-state index is 0.141. The lowest BCUT2D eigenvalue weighted by Crippen LogP contribution is -2.19. The molecule has 0 heterocycles. The van der Waals surface area contributed by atoms with Crippen molar-refractivity contribution in [2.24, 2.45) is 0 Å². The van der Waals surface area contributed by atoms with Gasteiger partial charge in [-0.25, -0.2) is 0 Å². The normalized spacial score (nSPS) is 15.8. The molecule has 0 unspecified atom stereocenters. The smallest absolute Gasteiger partial charge is 0.120 e. The molecule has 0 spiro atoms. The van der Waals surface area contributed by atoms with Crippen LogP contribution in [0.3, 0.4) is 0 Å². The third-order valence-electron chi connectivity index (χ3n) is 3.08. The monoisotopic (exact) mass is 233 g/mol. The van der Waals surface area contributed by atoms with Gasteiger partial charge in [0.05, 0.1) is 6.10 Å². The molecule has 0 N–H and O–H groups in total. The number of hydrogen-bond acceptors (Lipinski definition) is 2. The number of nitrogens with zero attached hydrogens (tertiary/aromatic N) is 1. The summed E-state index contributed by atoms with van der Waals surface area (Å²) in [5, 5.41) is 0. The predicted octanol–water partition coefficient (Wildman–Crippen LogP) is 3.59. The molecule has 2 rings (SSSR count). The van der Waals surface area contributed by atoms with Gasteiger partial charge in [-0.1, -0.05) is 20.8 Å². The third-order valence-corrected chi connectivity index (χ3v) is 3.08. The van der Waals surface area contributed by atoms with E-state index in [-0.39, 0.29) is 5.41 Å².